The third kappa shape index (κ3) is 5.27. The number of ether oxygens (including phenoxy) is 1. The van der Waals surface area contributed by atoms with Gasteiger partial charge in [0, 0.05) is 37.1 Å². The number of nitrogens with one attached hydrogen (secondary N) is 2. The van der Waals surface area contributed by atoms with Crippen LogP contribution < -0.4 is 10.6 Å². The van der Waals surface area contributed by atoms with Gasteiger partial charge in [-0.3, -0.25) is 14.4 Å². The van der Waals surface area contributed by atoms with Crippen LogP contribution in [-0.4, -0.2) is 34.2 Å². The molecule has 0 aliphatic heterocycles. The van der Waals surface area contributed by atoms with Crippen molar-refractivity contribution in [2.24, 2.45) is 7.05 Å². The quantitative estimate of drug-likeness (QED) is 0.599. The van der Waals surface area contributed by atoms with E-state index in [1.807, 2.05) is 0 Å². The van der Waals surface area contributed by atoms with E-state index < -0.39 is 18.0 Å². The number of aryl methyl sites for hydroxylation is 1. The maximum Gasteiger partial charge on any atom is 0.355 e. The van der Waals surface area contributed by atoms with E-state index in [1.165, 1.54) is 37.6 Å². The fourth-order valence-electron chi connectivity index (χ4n) is 2.32. The molecule has 0 saturated heterocycles. The number of rotatable bonds is 6. The highest BCUT2D eigenvalue weighted by Crippen LogP contribution is 2.15. The Balaban J connectivity index is 1.98. The molecule has 0 aliphatic rings. The molecule has 0 aliphatic carbocycles. The topological polar surface area (TPSA) is 106 Å². The van der Waals surface area contributed by atoms with Gasteiger partial charge in [0.2, 0.25) is 5.91 Å². The fraction of sp³-hybridized carbons (Fsp3) is 0.263. The predicted molar refractivity (Wildman–Crippen MR) is 99.7 cm³/mol. The molecular weight excluding hydrogens is 350 g/mol. The Morgan fingerprint density at radius 2 is 1.56 bits per heavy atom. The van der Waals surface area contributed by atoms with Crippen molar-refractivity contribution in [2.45, 2.75) is 26.9 Å². The summed E-state index contributed by atoms with van der Waals surface area (Å²) in [5, 5.41) is 5.25. The first kappa shape index (κ1) is 19.9. The molecule has 0 unspecified atom stereocenters. The van der Waals surface area contributed by atoms with Crippen LogP contribution in [0.2, 0.25) is 0 Å². The van der Waals surface area contributed by atoms with Crippen molar-refractivity contribution >= 4 is 34.9 Å². The largest absolute Gasteiger partial charge is 0.448 e. The predicted octanol–water partition coefficient (Wildman–Crippen LogP) is 2.37. The fourth-order valence-corrected chi connectivity index (χ4v) is 2.32. The van der Waals surface area contributed by atoms with Crippen LogP contribution in [-0.2, 0) is 21.4 Å². The van der Waals surface area contributed by atoms with Gasteiger partial charge in [-0.05, 0) is 44.2 Å². The SMILES string of the molecule is CC(=O)Nc1ccc(NC(=O)[C@H](C)OC(=O)c2cc(C(C)=O)cn2C)cc1. The van der Waals surface area contributed by atoms with E-state index in [2.05, 4.69) is 10.6 Å². The van der Waals surface area contributed by atoms with Crippen molar-refractivity contribution in [3.63, 3.8) is 0 Å². The molecule has 2 N–H and O–H groups in total. The van der Waals surface area contributed by atoms with Crippen LogP contribution in [0.1, 0.15) is 41.6 Å². The molecule has 0 radical (unpaired) electrons. The monoisotopic (exact) mass is 371 g/mol. The molecule has 1 heterocycles. The molecular formula is C19H21N3O5. The van der Waals surface area contributed by atoms with Crippen molar-refractivity contribution in [2.75, 3.05) is 10.6 Å². The smallest absolute Gasteiger partial charge is 0.355 e. The summed E-state index contributed by atoms with van der Waals surface area (Å²) in [5.41, 5.74) is 1.67. The van der Waals surface area contributed by atoms with Gasteiger partial charge in [0.25, 0.3) is 5.91 Å². The van der Waals surface area contributed by atoms with Crippen LogP contribution in [0.4, 0.5) is 11.4 Å². The number of carbonyl (C=O) groups is 4. The molecule has 0 saturated carbocycles. The first-order chi connectivity index (χ1) is 12.7. The summed E-state index contributed by atoms with van der Waals surface area (Å²) in [4.78, 5) is 46.9. The summed E-state index contributed by atoms with van der Waals surface area (Å²) in [5.74, 6) is -1.57. The molecule has 27 heavy (non-hydrogen) atoms. The number of ketones is 1. The van der Waals surface area contributed by atoms with Gasteiger partial charge in [-0.1, -0.05) is 0 Å². The Morgan fingerprint density at radius 3 is 2.04 bits per heavy atom. The molecule has 0 spiro atoms. The van der Waals surface area contributed by atoms with Crippen LogP contribution in [0.15, 0.2) is 36.5 Å². The summed E-state index contributed by atoms with van der Waals surface area (Å²) in [6.07, 6.45) is 0.489. The van der Waals surface area contributed by atoms with E-state index in [1.54, 1.807) is 31.3 Å². The molecule has 142 valence electrons. The number of nitrogens with zero attached hydrogens (tertiary/aromatic N) is 1. The zero-order valence-corrected chi connectivity index (χ0v) is 15.5. The molecule has 1 aromatic heterocycles. The van der Waals surface area contributed by atoms with E-state index in [0.717, 1.165) is 0 Å². The Kier molecular flexibility index (Phi) is 6.12. The van der Waals surface area contributed by atoms with Crippen LogP contribution >= 0.6 is 0 Å². The van der Waals surface area contributed by atoms with Gasteiger partial charge in [0.15, 0.2) is 11.9 Å². The molecule has 8 nitrogen and oxygen atoms in total. The number of aromatic nitrogens is 1. The average Bonchev–Trinajstić information content (AvgIpc) is 2.98. The number of amides is 2. The standard InChI is InChI=1S/C19H21N3O5/c1-11(23)14-9-17(22(4)10-14)19(26)27-12(2)18(25)21-16-7-5-15(6-8-16)20-13(3)24/h5-10,12H,1-4H3,(H,20,24)(H,21,25)/t12-/m0/s1. The normalized spacial score (nSPS) is 11.4. The first-order valence-corrected chi connectivity index (χ1v) is 8.24. The Labute approximate surface area is 156 Å². The molecule has 1 atom stereocenters. The first-order valence-electron chi connectivity index (χ1n) is 8.24. The van der Waals surface area contributed by atoms with Crippen molar-refractivity contribution in [3.8, 4) is 0 Å². The minimum Gasteiger partial charge on any atom is -0.448 e. The lowest BCUT2D eigenvalue weighted by atomic mass is 10.2. The Hall–Kier alpha value is -3.42. The van der Waals surface area contributed by atoms with Gasteiger partial charge in [-0.2, -0.15) is 0 Å². The lowest BCUT2D eigenvalue weighted by Crippen LogP contribution is -2.30. The molecule has 2 rings (SSSR count). The number of esters is 1. The van der Waals surface area contributed by atoms with E-state index >= 15 is 0 Å². The minimum absolute atomic E-state index is 0.168. The summed E-state index contributed by atoms with van der Waals surface area (Å²) in [7, 11) is 1.62. The van der Waals surface area contributed by atoms with E-state index in [0.29, 0.717) is 16.9 Å². The summed E-state index contributed by atoms with van der Waals surface area (Å²) < 4.78 is 6.66. The van der Waals surface area contributed by atoms with Gasteiger partial charge in [-0.25, -0.2) is 4.79 Å². The third-order valence-corrected chi connectivity index (χ3v) is 3.75. The Bertz CT molecular complexity index is 883. The van der Waals surface area contributed by atoms with Crippen LogP contribution in [0.25, 0.3) is 0 Å². The molecule has 1 aromatic carbocycles. The summed E-state index contributed by atoms with van der Waals surface area (Å²) in [6.45, 7) is 4.25. The number of benzene rings is 1. The van der Waals surface area contributed by atoms with Crippen molar-refractivity contribution in [3.05, 3.63) is 47.8 Å². The second-order valence-corrected chi connectivity index (χ2v) is 6.08. The van der Waals surface area contributed by atoms with Crippen molar-refractivity contribution < 1.29 is 23.9 Å². The van der Waals surface area contributed by atoms with Gasteiger partial charge in [0.05, 0.1) is 0 Å². The van der Waals surface area contributed by atoms with Crippen LogP contribution in [0.5, 0.6) is 0 Å². The van der Waals surface area contributed by atoms with Crippen LogP contribution in [0, 0.1) is 0 Å². The van der Waals surface area contributed by atoms with Crippen molar-refractivity contribution in [1.82, 2.24) is 4.57 Å². The highest BCUT2D eigenvalue weighted by Gasteiger charge is 2.22. The van der Waals surface area contributed by atoms with Gasteiger partial charge < -0.3 is 19.9 Å². The summed E-state index contributed by atoms with van der Waals surface area (Å²) >= 11 is 0. The highest BCUT2D eigenvalue weighted by molar-refractivity contribution is 5.99. The number of Topliss-reactive ketones (excluding diaryl/α,β-unsaturated/α-hetero) is 1. The van der Waals surface area contributed by atoms with E-state index in [4.69, 9.17) is 4.74 Å². The second-order valence-electron chi connectivity index (χ2n) is 6.08. The van der Waals surface area contributed by atoms with E-state index in [9.17, 15) is 19.2 Å². The maximum atomic E-state index is 12.2. The third-order valence-electron chi connectivity index (χ3n) is 3.75. The number of carbonyl (C=O) groups excluding carboxylic acids is 4. The molecule has 8 heteroatoms. The van der Waals surface area contributed by atoms with Gasteiger partial charge in [0.1, 0.15) is 5.69 Å². The van der Waals surface area contributed by atoms with E-state index in [-0.39, 0.29) is 17.4 Å². The molecule has 2 aromatic rings. The maximum absolute atomic E-state index is 12.2. The van der Waals surface area contributed by atoms with Gasteiger partial charge >= 0.3 is 5.97 Å². The van der Waals surface area contributed by atoms with Gasteiger partial charge in [-0.15, -0.1) is 0 Å². The Morgan fingerprint density at radius 1 is 1.00 bits per heavy atom. The lowest BCUT2D eigenvalue weighted by Gasteiger charge is -2.14. The number of hydrogen-bond donors (Lipinski definition) is 2. The molecule has 0 fully saturated rings. The second kappa shape index (κ2) is 8.31. The zero-order chi connectivity index (χ0) is 20.1. The number of hydrogen-bond acceptors (Lipinski definition) is 5. The zero-order valence-electron chi connectivity index (χ0n) is 15.5. The minimum atomic E-state index is -1.04. The molecule has 0 bridgehead atoms. The van der Waals surface area contributed by atoms with Crippen LogP contribution in [0.3, 0.4) is 0 Å². The molecule has 2 amide bonds. The lowest BCUT2D eigenvalue weighted by molar-refractivity contribution is -0.123. The average molecular weight is 371 g/mol. The number of anilines is 2. The highest BCUT2D eigenvalue weighted by atomic mass is 16.5. The summed E-state index contributed by atoms with van der Waals surface area (Å²) in [6, 6.07) is 7.94. The van der Waals surface area contributed by atoms with Crippen molar-refractivity contribution in [1.29, 1.82) is 0 Å².